The number of amides is 3. The van der Waals surface area contributed by atoms with Gasteiger partial charge in [-0.05, 0) is 43.1 Å². The topological polar surface area (TPSA) is 183 Å². The third-order valence-corrected chi connectivity index (χ3v) is 9.53. The van der Waals surface area contributed by atoms with Crippen LogP contribution in [0.25, 0.3) is 11.4 Å². The van der Waals surface area contributed by atoms with Crippen molar-refractivity contribution < 1.29 is 33.4 Å². The summed E-state index contributed by atoms with van der Waals surface area (Å²) in [6.07, 6.45) is 8.80. The maximum absolute atomic E-state index is 13.5. The van der Waals surface area contributed by atoms with Crippen LogP contribution < -0.4 is 5.32 Å². The molecule has 3 aliphatic rings. The molecule has 48 heavy (non-hydrogen) atoms. The van der Waals surface area contributed by atoms with Crippen LogP contribution >= 0.6 is 0 Å². The number of hydrogen-bond acceptors (Lipinski definition) is 10. The highest BCUT2D eigenvalue weighted by molar-refractivity contribution is 5.98. The minimum Gasteiger partial charge on any atom is -0.453 e. The van der Waals surface area contributed by atoms with E-state index in [-0.39, 0.29) is 47.9 Å². The third kappa shape index (κ3) is 7.69. The highest BCUT2D eigenvalue weighted by Gasteiger charge is 2.39. The van der Waals surface area contributed by atoms with Crippen LogP contribution in [0.2, 0.25) is 0 Å². The number of allylic oxidation sites excluding steroid dienone is 1. The van der Waals surface area contributed by atoms with Gasteiger partial charge in [-0.3, -0.25) is 19.4 Å². The van der Waals surface area contributed by atoms with Gasteiger partial charge in [-0.25, -0.2) is 14.8 Å². The Morgan fingerprint density at radius 1 is 1.06 bits per heavy atom. The molecule has 2 fully saturated rings. The number of H-pyrrole nitrogens is 1. The summed E-state index contributed by atoms with van der Waals surface area (Å²) in [6.45, 7) is 8.25. The van der Waals surface area contributed by atoms with Crippen molar-refractivity contribution in [3.05, 3.63) is 35.9 Å². The highest BCUT2D eigenvalue weighted by Crippen LogP contribution is 2.33. The molecule has 14 heteroatoms. The Hall–Kier alpha value is -4.33. The van der Waals surface area contributed by atoms with Crippen LogP contribution in [-0.4, -0.2) is 98.2 Å². The van der Waals surface area contributed by atoms with Crippen LogP contribution in [0, 0.1) is 17.8 Å². The first-order valence-electron chi connectivity index (χ1n) is 16.8. The van der Waals surface area contributed by atoms with Crippen molar-refractivity contribution in [3.8, 4) is 11.4 Å². The number of oxazole rings is 1. The number of carbonyl (C=O) groups is 4. The molecular formula is C34H47N7O7. The predicted octanol–water partition coefficient (Wildman–Crippen LogP) is 3.59. The number of nitrogens with zero attached hydrogens (tertiary/aromatic N) is 5. The number of Topliss-reactive ketones (excluding diaryl/α,β-unsaturated/α-hetero) is 1. The molecule has 14 nitrogen and oxygen atoms in total. The lowest BCUT2D eigenvalue weighted by Gasteiger charge is -2.30. The van der Waals surface area contributed by atoms with Crippen molar-refractivity contribution in [1.82, 2.24) is 30.1 Å². The van der Waals surface area contributed by atoms with Crippen LogP contribution in [0.15, 0.2) is 33.6 Å². The van der Waals surface area contributed by atoms with Crippen LogP contribution in [-0.2, 0) is 25.5 Å². The van der Waals surface area contributed by atoms with Gasteiger partial charge in [-0.1, -0.05) is 27.7 Å². The Morgan fingerprint density at radius 2 is 1.77 bits per heavy atom. The van der Waals surface area contributed by atoms with Crippen molar-refractivity contribution in [2.45, 2.75) is 90.8 Å². The van der Waals surface area contributed by atoms with Gasteiger partial charge in [0.15, 0.2) is 11.7 Å². The van der Waals surface area contributed by atoms with E-state index in [1.807, 2.05) is 38.8 Å². The molecule has 5 heterocycles. The monoisotopic (exact) mass is 665 g/mol. The molecule has 0 saturated carbocycles. The van der Waals surface area contributed by atoms with Crippen LogP contribution in [0.5, 0.6) is 0 Å². The number of aromatic amines is 1. The normalized spacial score (nSPS) is 20.7. The molecule has 3 aliphatic heterocycles. The van der Waals surface area contributed by atoms with Crippen molar-refractivity contribution >= 4 is 29.4 Å². The first-order chi connectivity index (χ1) is 23.0. The molecule has 260 valence electrons. The van der Waals surface area contributed by atoms with Gasteiger partial charge in [-0.15, -0.1) is 0 Å². The number of carbonyl (C=O) groups excluding carboxylic acids is 4. The lowest BCUT2D eigenvalue weighted by Crippen LogP contribution is -2.51. The van der Waals surface area contributed by atoms with Gasteiger partial charge in [-0.2, -0.15) is 0 Å². The minimum absolute atomic E-state index is 0.0224. The van der Waals surface area contributed by atoms with Gasteiger partial charge < -0.3 is 34.4 Å². The molecule has 4 atom stereocenters. The molecule has 0 aromatic carbocycles. The standard InChI is InChI=1S/C34H47N7O7/c1-19(2)23(14-22(43)17-42)32(44)40-10-6-8-27(40)24-12-21(15-35-24)13-29-37-26(18-48-29)25-16-36-31(38-25)28-9-7-11-41(28)33(45)30(20(3)4)39-34(46)47-5/h15-16,18-20,23,27-28,30,42H,6-14,17H2,1-5H3,(H,36,38)(H,39,46). The molecule has 0 bridgehead atoms. The van der Waals surface area contributed by atoms with E-state index in [9.17, 15) is 24.3 Å². The van der Waals surface area contributed by atoms with E-state index in [1.165, 1.54) is 7.11 Å². The number of likely N-dealkylation sites (tertiary alicyclic amines) is 2. The Kier molecular flexibility index (Phi) is 11.1. The number of imidazole rings is 1. The fraction of sp³-hybridized carbons (Fsp3) is 0.618. The van der Waals surface area contributed by atoms with E-state index >= 15 is 0 Å². The molecule has 0 radical (unpaired) electrons. The summed E-state index contributed by atoms with van der Waals surface area (Å²) in [6, 6.07) is -1.09. The third-order valence-electron chi connectivity index (χ3n) is 9.53. The molecule has 2 saturated heterocycles. The molecule has 2 aromatic heterocycles. The molecule has 5 rings (SSSR count). The largest absolute Gasteiger partial charge is 0.453 e. The fourth-order valence-corrected chi connectivity index (χ4v) is 6.86. The lowest BCUT2D eigenvalue weighted by atomic mass is 9.89. The van der Waals surface area contributed by atoms with E-state index in [1.54, 1.807) is 17.4 Å². The Bertz CT molecular complexity index is 1560. The summed E-state index contributed by atoms with van der Waals surface area (Å²) < 4.78 is 10.5. The van der Waals surface area contributed by atoms with Crippen LogP contribution in [0.1, 0.15) is 84.0 Å². The van der Waals surface area contributed by atoms with E-state index < -0.39 is 24.7 Å². The molecule has 0 aliphatic carbocycles. The number of ether oxygens (including phenoxy) is 1. The van der Waals surface area contributed by atoms with Crippen molar-refractivity contribution in [2.75, 3.05) is 26.8 Å². The smallest absolute Gasteiger partial charge is 0.407 e. The summed E-state index contributed by atoms with van der Waals surface area (Å²) in [5.74, 6) is 0.0118. The highest BCUT2D eigenvalue weighted by atomic mass is 16.5. The second kappa shape index (κ2) is 15.3. The van der Waals surface area contributed by atoms with Gasteiger partial charge in [0.05, 0.1) is 31.1 Å². The number of rotatable bonds is 13. The van der Waals surface area contributed by atoms with E-state index in [4.69, 9.17) is 14.1 Å². The Labute approximate surface area is 280 Å². The number of aliphatic imine (C=N–C) groups is 1. The van der Waals surface area contributed by atoms with Crippen molar-refractivity contribution in [3.63, 3.8) is 0 Å². The zero-order valence-corrected chi connectivity index (χ0v) is 28.4. The lowest BCUT2D eigenvalue weighted by molar-refractivity contribution is -0.140. The second-order valence-corrected chi connectivity index (χ2v) is 13.6. The summed E-state index contributed by atoms with van der Waals surface area (Å²) in [5, 5.41) is 11.9. The fourth-order valence-electron chi connectivity index (χ4n) is 6.86. The van der Waals surface area contributed by atoms with Gasteiger partial charge in [0, 0.05) is 50.2 Å². The number of methoxy groups -OCH3 is 1. The minimum atomic E-state index is -0.711. The first-order valence-corrected chi connectivity index (χ1v) is 16.8. The molecule has 3 N–H and O–H groups in total. The van der Waals surface area contributed by atoms with Crippen molar-refractivity contribution in [1.29, 1.82) is 0 Å². The van der Waals surface area contributed by atoms with Gasteiger partial charge in [0.2, 0.25) is 11.8 Å². The molecular weight excluding hydrogens is 618 g/mol. The molecule has 4 unspecified atom stereocenters. The SMILES string of the molecule is COC(=O)NC(C(=O)N1CCCC1c1ncc(-c2coc(CC3=CN=C(C4CCCN4C(=O)C(CC(=O)CO)C(C)C)C3)n2)[nH]1)C(C)C. The number of nitrogens with one attached hydrogen (secondary N) is 2. The predicted molar refractivity (Wildman–Crippen MR) is 176 cm³/mol. The molecule has 0 spiro atoms. The molecule has 2 aromatic rings. The summed E-state index contributed by atoms with van der Waals surface area (Å²) >= 11 is 0. The van der Waals surface area contributed by atoms with Gasteiger partial charge in [0.25, 0.3) is 0 Å². The van der Waals surface area contributed by atoms with Crippen LogP contribution in [0.3, 0.4) is 0 Å². The Morgan fingerprint density at radius 3 is 2.44 bits per heavy atom. The van der Waals surface area contributed by atoms with E-state index in [0.29, 0.717) is 49.0 Å². The van der Waals surface area contributed by atoms with E-state index in [2.05, 4.69) is 20.3 Å². The quantitative estimate of drug-likeness (QED) is 0.288. The van der Waals surface area contributed by atoms with E-state index in [0.717, 1.165) is 37.0 Å². The average molecular weight is 666 g/mol. The summed E-state index contributed by atoms with van der Waals surface area (Å²) in [4.78, 5) is 71.7. The zero-order valence-electron chi connectivity index (χ0n) is 28.4. The zero-order chi connectivity index (χ0) is 34.5. The van der Waals surface area contributed by atoms with Gasteiger partial charge in [0.1, 0.15) is 30.4 Å². The number of alkyl carbamates (subject to hydrolysis) is 1. The second-order valence-electron chi connectivity index (χ2n) is 13.6. The van der Waals surface area contributed by atoms with Gasteiger partial charge >= 0.3 is 6.09 Å². The number of hydrogen-bond donors (Lipinski definition) is 3. The number of aromatic nitrogens is 3. The summed E-state index contributed by atoms with van der Waals surface area (Å²) in [5.41, 5.74) is 3.22. The molecule has 3 amide bonds. The average Bonchev–Trinajstić information content (AvgIpc) is 3.90. The number of aliphatic hydroxyl groups is 1. The Balaban J connectivity index is 1.19. The number of aliphatic hydroxyl groups excluding tert-OH is 1. The maximum atomic E-state index is 13.5. The van der Waals surface area contributed by atoms with Crippen molar-refractivity contribution in [2.24, 2.45) is 22.7 Å². The first kappa shape index (κ1) is 35.0. The van der Waals surface area contributed by atoms with Crippen LogP contribution in [0.4, 0.5) is 4.79 Å². The maximum Gasteiger partial charge on any atom is 0.407 e. The number of ketones is 1. The summed E-state index contributed by atoms with van der Waals surface area (Å²) in [7, 11) is 1.27.